The maximum atomic E-state index is 12.6. The smallest absolute Gasteiger partial charge is 0.326 e. The third-order valence-corrected chi connectivity index (χ3v) is 5.22. The zero-order valence-corrected chi connectivity index (χ0v) is 18.9. The van der Waals surface area contributed by atoms with Gasteiger partial charge in [0.1, 0.15) is 18.1 Å². The second-order valence-electron chi connectivity index (χ2n) is 7.89. The van der Waals surface area contributed by atoms with E-state index in [-0.39, 0.29) is 12.3 Å². The van der Waals surface area contributed by atoms with Crippen LogP contribution in [0.15, 0.2) is 30.3 Å². The molecule has 7 N–H and O–H groups in total. The van der Waals surface area contributed by atoms with Crippen LogP contribution in [0.25, 0.3) is 0 Å². The fourth-order valence-corrected chi connectivity index (χ4v) is 2.89. The van der Waals surface area contributed by atoms with Crippen molar-refractivity contribution in [2.45, 2.75) is 64.2 Å². The molecule has 0 radical (unpaired) electrons. The largest absolute Gasteiger partial charge is 0.481 e. The summed E-state index contributed by atoms with van der Waals surface area (Å²) >= 11 is 0. The minimum Gasteiger partial charge on any atom is -0.481 e. The van der Waals surface area contributed by atoms with Crippen molar-refractivity contribution in [3.05, 3.63) is 35.9 Å². The van der Waals surface area contributed by atoms with Crippen LogP contribution in [-0.2, 0) is 30.4 Å². The van der Waals surface area contributed by atoms with E-state index in [4.69, 9.17) is 10.8 Å². The fourth-order valence-electron chi connectivity index (χ4n) is 2.89. The topological polar surface area (TPSA) is 188 Å². The van der Waals surface area contributed by atoms with E-state index in [9.17, 15) is 29.1 Å². The lowest BCUT2D eigenvalue weighted by atomic mass is 9.99. The lowest BCUT2D eigenvalue weighted by molar-refractivity contribution is -0.143. The monoisotopic (exact) mass is 464 g/mol. The SMILES string of the molecule is CCC(C)C(N)C(=O)NC(C)C(=O)NC(CC(=O)O)C(=O)NC(Cc1ccccc1)C(=O)O. The molecule has 1 aromatic rings. The number of carboxylic acid groups (broad SMARTS) is 2. The number of aliphatic carboxylic acids is 2. The van der Waals surface area contributed by atoms with E-state index in [2.05, 4.69) is 16.0 Å². The van der Waals surface area contributed by atoms with E-state index >= 15 is 0 Å². The lowest BCUT2D eigenvalue weighted by Gasteiger charge is -2.24. The van der Waals surface area contributed by atoms with Gasteiger partial charge in [-0.25, -0.2) is 4.79 Å². The number of carbonyl (C=O) groups is 5. The molecule has 1 rings (SSSR count). The number of carboxylic acids is 2. The van der Waals surface area contributed by atoms with Crippen molar-refractivity contribution in [1.29, 1.82) is 0 Å². The number of nitrogens with one attached hydrogen (secondary N) is 3. The molecule has 11 nitrogen and oxygen atoms in total. The Morgan fingerprint density at radius 2 is 1.45 bits per heavy atom. The summed E-state index contributed by atoms with van der Waals surface area (Å²) in [7, 11) is 0. The van der Waals surface area contributed by atoms with Crippen LogP contribution in [0.3, 0.4) is 0 Å². The second kappa shape index (κ2) is 13.2. The highest BCUT2D eigenvalue weighted by Gasteiger charge is 2.30. The van der Waals surface area contributed by atoms with Crippen LogP contribution in [-0.4, -0.2) is 64.0 Å². The van der Waals surface area contributed by atoms with Crippen LogP contribution in [0.5, 0.6) is 0 Å². The Morgan fingerprint density at radius 1 is 0.879 bits per heavy atom. The number of benzene rings is 1. The summed E-state index contributed by atoms with van der Waals surface area (Å²) in [6, 6.07) is 3.74. The van der Waals surface area contributed by atoms with Crippen molar-refractivity contribution in [2.75, 3.05) is 0 Å². The Balaban J connectivity index is 2.85. The molecular formula is C22H32N4O7. The van der Waals surface area contributed by atoms with Crippen molar-refractivity contribution >= 4 is 29.7 Å². The predicted molar refractivity (Wildman–Crippen MR) is 119 cm³/mol. The third kappa shape index (κ3) is 9.27. The summed E-state index contributed by atoms with van der Waals surface area (Å²) in [6.45, 7) is 5.02. The van der Waals surface area contributed by atoms with Gasteiger partial charge >= 0.3 is 11.9 Å². The zero-order chi connectivity index (χ0) is 25.1. The van der Waals surface area contributed by atoms with E-state index in [1.165, 1.54) is 6.92 Å². The summed E-state index contributed by atoms with van der Waals surface area (Å²) in [6.07, 6.45) is -0.151. The molecular weight excluding hydrogens is 432 g/mol. The summed E-state index contributed by atoms with van der Waals surface area (Å²) in [4.78, 5) is 60.1. The van der Waals surface area contributed by atoms with Crippen LogP contribution in [0, 0.1) is 5.92 Å². The van der Waals surface area contributed by atoms with E-state index < -0.39 is 60.2 Å². The number of nitrogens with two attached hydrogens (primary N) is 1. The van der Waals surface area contributed by atoms with Gasteiger partial charge in [-0.3, -0.25) is 19.2 Å². The Bertz CT molecular complexity index is 846. The summed E-state index contributed by atoms with van der Waals surface area (Å²) in [5.41, 5.74) is 6.49. The highest BCUT2D eigenvalue weighted by Crippen LogP contribution is 2.07. The second-order valence-corrected chi connectivity index (χ2v) is 7.89. The molecule has 3 amide bonds. The van der Waals surface area contributed by atoms with Crippen molar-refractivity contribution in [1.82, 2.24) is 16.0 Å². The summed E-state index contributed by atoms with van der Waals surface area (Å²) in [5, 5.41) is 25.6. The fraction of sp³-hybridized carbons (Fsp3) is 0.500. The van der Waals surface area contributed by atoms with E-state index in [0.29, 0.717) is 12.0 Å². The van der Waals surface area contributed by atoms with Crippen molar-refractivity contribution < 1.29 is 34.2 Å². The maximum Gasteiger partial charge on any atom is 0.326 e. The van der Waals surface area contributed by atoms with E-state index in [1.54, 1.807) is 37.3 Å². The lowest BCUT2D eigenvalue weighted by Crippen LogP contribution is -2.57. The molecule has 0 aromatic heterocycles. The van der Waals surface area contributed by atoms with E-state index in [0.717, 1.165) is 0 Å². The van der Waals surface area contributed by atoms with Crippen LogP contribution < -0.4 is 21.7 Å². The summed E-state index contributed by atoms with van der Waals surface area (Å²) in [5.74, 6) is -5.14. The standard InChI is InChI=1S/C22H32N4O7/c1-4-12(2)18(23)21(31)24-13(3)19(29)25-15(11-17(27)28)20(30)26-16(22(32)33)10-14-8-6-5-7-9-14/h5-9,12-13,15-16,18H,4,10-11,23H2,1-3H3,(H,24,31)(H,25,29)(H,26,30)(H,27,28)(H,32,33). The van der Waals surface area contributed by atoms with Crippen LogP contribution in [0.4, 0.5) is 0 Å². The first kappa shape index (κ1) is 27.6. The number of amides is 3. The van der Waals surface area contributed by atoms with Gasteiger partial charge in [0.2, 0.25) is 17.7 Å². The number of hydrogen-bond acceptors (Lipinski definition) is 6. The van der Waals surface area contributed by atoms with Crippen molar-refractivity contribution in [2.24, 2.45) is 11.7 Å². The molecule has 0 saturated carbocycles. The van der Waals surface area contributed by atoms with Crippen LogP contribution >= 0.6 is 0 Å². The molecule has 0 spiro atoms. The molecule has 0 saturated heterocycles. The van der Waals surface area contributed by atoms with Gasteiger partial charge in [-0.2, -0.15) is 0 Å². The molecule has 0 aliphatic heterocycles. The highest BCUT2D eigenvalue weighted by atomic mass is 16.4. The van der Waals surface area contributed by atoms with Crippen LogP contribution in [0.1, 0.15) is 39.2 Å². The maximum absolute atomic E-state index is 12.6. The first-order chi connectivity index (χ1) is 15.5. The first-order valence-electron chi connectivity index (χ1n) is 10.6. The Kier molecular flexibility index (Phi) is 11.0. The minimum atomic E-state index is -1.55. The average molecular weight is 465 g/mol. The Morgan fingerprint density at radius 3 is 1.97 bits per heavy atom. The molecule has 0 fully saturated rings. The molecule has 0 aliphatic rings. The van der Waals surface area contributed by atoms with Gasteiger partial charge < -0.3 is 31.9 Å². The number of carbonyl (C=O) groups excluding carboxylic acids is 3. The first-order valence-corrected chi connectivity index (χ1v) is 10.6. The molecule has 1 aromatic carbocycles. The van der Waals surface area contributed by atoms with Gasteiger partial charge in [0.05, 0.1) is 12.5 Å². The van der Waals surface area contributed by atoms with Gasteiger partial charge in [0, 0.05) is 6.42 Å². The summed E-state index contributed by atoms with van der Waals surface area (Å²) < 4.78 is 0. The number of rotatable bonds is 13. The minimum absolute atomic E-state index is 0.0321. The molecule has 0 aliphatic carbocycles. The van der Waals surface area contributed by atoms with Gasteiger partial charge in [0.25, 0.3) is 0 Å². The van der Waals surface area contributed by atoms with Gasteiger partial charge in [0.15, 0.2) is 0 Å². The molecule has 0 bridgehead atoms. The molecule has 5 unspecified atom stereocenters. The molecule has 0 heterocycles. The van der Waals surface area contributed by atoms with E-state index in [1.807, 2.05) is 6.92 Å². The van der Waals surface area contributed by atoms with Crippen molar-refractivity contribution in [3.8, 4) is 0 Å². The molecule has 33 heavy (non-hydrogen) atoms. The number of hydrogen-bond donors (Lipinski definition) is 6. The molecule has 182 valence electrons. The van der Waals surface area contributed by atoms with Crippen LogP contribution in [0.2, 0.25) is 0 Å². The van der Waals surface area contributed by atoms with Gasteiger partial charge in [-0.15, -0.1) is 0 Å². The molecule has 11 heteroatoms. The Labute approximate surface area is 192 Å². The average Bonchev–Trinajstić information content (AvgIpc) is 2.77. The molecule has 5 atom stereocenters. The predicted octanol–water partition coefficient (Wildman–Crippen LogP) is -0.364. The highest BCUT2D eigenvalue weighted by molar-refractivity contribution is 5.95. The third-order valence-electron chi connectivity index (χ3n) is 5.22. The zero-order valence-electron chi connectivity index (χ0n) is 18.9. The van der Waals surface area contributed by atoms with Gasteiger partial charge in [-0.1, -0.05) is 50.6 Å². The van der Waals surface area contributed by atoms with Crippen molar-refractivity contribution in [3.63, 3.8) is 0 Å². The van der Waals surface area contributed by atoms with Gasteiger partial charge in [-0.05, 0) is 18.4 Å². The normalized spacial score (nSPS) is 15.3. The quantitative estimate of drug-likeness (QED) is 0.228. The Hall–Kier alpha value is -3.47.